The summed E-state index contributed by atoms with van der Waals surface area (Å²) in [5.41, 5.74) is 1.39. The van der Waals surface area contributed by atoms with Crippen molar-refractivity contribution in [2.24, 2.45) is 0 Å². The summed E-state index contributed by atoms with van der Waals surface area (Å²) in [7, 11) is 0. The fraction of sp³-hybridized carbons (Fsp3) is 0. The summed E-state index contributed by atoms with van der Waals surface area (Å²) in [5, 5.41) is 18.6. The minimum absolute atomic E-state index is 0.0117. The molecule has 0 unspecified atom stereocenters. The Morgan fingerprint density at radius 3 is 3.00 bits per heavy atom. The van der Waals surface area contributed by atoms with Gasteiger partial charge in [-0.2, -0.15) is 10.3 Å². The maximum absolute atomic E-state index is 10.6. The van der Waals surface area contributed by atoms with Crippen LogP contribution >= 0.6 is 0 Å². The molecule has 2 heterocycles. The van der Waals surface area contributed by atoms with Gasteiger partial charge in [0.05, 0.1) is 5.57 Å². The molecule has 0 aliphatic rings. The number of aromatic nitrogens is 4. The Bertz CT molecular complexity index is 517. The Hall–Kier alpha value is -2.24. The summed E-state index contributed by atoms with van der Waals surface area (Å²) in [6, 6.07) is 1.57. The van der Waals surface area contributed by atoms with E-state index >= 15 is 0 Å². The largest absolute Gasteiger partial charge is 0.478 e. The van der Waals surface area contributed by atoms with E-state index in [2.05, 4.69) is 27.0 Å². The molecule has 0 radical (unpaired) electrons. The number of pyridine rings is 1. The molecule has 0 atom stereocenters. The molecule has 6 heteroatoms. The molecule has 2 aromatic heterocycles. The van der Waals surface area contributed by atoms with Crippen molar-refractivity contribution in [1.82, 2.24) is 20.4 Å². The first-order valence-electron chi connectivity index (χ1n) is 3.77. The van der Waals surface area contributed by atoms with Gasteiger partial charge in [0, 0.05) is 11.8 Å². The third kappa shape index (κ3) is 1.22. The van der Waals surface area contributed by atoms with Crippen molar-refractivity contribution in [2.75, 3.05) is 0 Å². The predicted octanol–water partition coefficient (Wildman–Crippen LogP) is 0.451. The van der Waals surface area contributed by atoms with Crippen LogP contribution < -0.4 is 0 Å². The molecule has 0 saturated carbocycles. The third-order valence-electron chi connectivity index (χ3n) is 1.78. The lowest BCUT2D eigenvalue weighted by molar-refractivity contribution is -0.130. The zero-order valence-electron chi connectivity index (χ0n) is 7.06. The Morgan fingerprint density at radius 2 is 2.29 bits per heavy atom. The summed E-state index contributed by atoms with van der Waals surface area (Å²) in [5.74, 6) is -1.07. The number of hydrogen-bond acceptors (Lipinski definition) is 4. The van der Waals surface area contributed by atoms with Crippen LogP contribution in [0.25, 0.3) is 16.7 Å². The second-order valence-electron chi connectivity index (χ2n) is 2.67. The van der Waals surface area contributed by atoms with E-state index in [4.69, 9.17) is 5.11 Å². The highest BCUT2D eigenvalue weighted by Crippen LogP contribution is 2.14. The average Bonchev–Trinajstić information content (AvgIpc) is 2.62. The van der Waals surface area contributed by atoms with Crippen molar-refractivity contribution < 1.29 is 9.90 Å². The van der Waals surface area contributed by atoms with Crippen LogP contribution in [0.2, 0.25) is 0 Å². The quantitative estimate of drug-likeness (QED) is 0.671. The molecule has 2 aromatic rings. The molecule has 0 spiro atoms. The third-order valence-corrected chi connectivity index (χ3v) is 1.78. The van der Waals surface area contributed by atoms with Crippen molar-refractivity contribution >= 4 is 22.7 Å². The van der Waals surface area contributed by atoms with Crippen LogP contribution in [0.4, 0.5) is 0 Å². The van der Waals surface area contributed by atoms with Gasteiger partial charge in [0.2, 0.25) is 5.65 Å². The van der Waals surface area contributed by atoms with Crippen LogP contribution in [0.3, 0.4) is 0 Å². The molecule has 0 aliphatic carbocycles. The average molecular weight is 190 g/mol. The summed E-state index contributed by atoms with van der Waals surface area (Å²) in [6.07, 6.45) is 1.40. The van der Waals surface area contributed by atoms with Crippen LogP contribution in [-0.4, -0.2) is 31.5 Å². The second-order valence-corrected chi connectivity index (χ2v) is 2.67. The first-order chi connectivity index (χ1) is 6.68. The first-order valence-corrected chi connectivity index (χ1v) is 3.77. The SMILES string of the molecule is C=C(C(=O)O)c1cnc2n[nH]nc2c1. The molecule has 0 bridgehead atoms. The molecule has 0 aliphatic heterocycles. The lowest BCUT2D eigenvalue weighted by atomic mass is 10.1. The van der Waals surface area contributed by atoms with Gasteiger partial charge in [0.25, 0.3) is 0 Å². The van der Waals surface area contributed by atoms with Crippen molar-refractivity contribution in [3.63, 3.8) is 0 Å². The molecule has 0 fully saturated rings. The van der Waals surface area contributed by atoms with Gasteiger partial charge < -0.3 is 5.11 Å². The zero-order chi connectivity index (χ0) is 10.1. The van der Waals surface area contributed by atoms with E-state index in [1.54, 1.807) is 6.07 Å². The van der Waals surface area contributed by atoms with E-state index in [1.807, 2.05) is 0 Å². The van der Waals surface area contributed by atoms with Crippen LogP contribution in [-0.2, 0) is 4.79 Å². The number of rotatable bonds is 2. The van der Waals surface area contributed by atoms with Gasteiger partial charge in [-0.05, 0) is 6.07 Å². The lowest BCUT2D eigenvalue weighted by Crippen LogP contribution is -1.98. The summed E-state index contributed by atoms with van der Waals surface area (Å²) in [4.78, 5) is 14.5. The molecule has 14 heavy (non-hydrogen) atoms. The molecule has 2 N–H and O–H groups in total. The second kappa shape index (κ2) is 2.91. The number of carboxylic acid groups (broad SMARTS) is 1. The van der Waals surface area contributed by atoms with Crippen LogP contribution in [0.5, 0.6) is 0 Å². The molecule has 0 saturated heterocycles. The Labute approximate surface area is 78.3 Å². The number of aromatic amines is 1. The van der Waals surface area contributed by atoms with E-state index in [1.165, 1.54) is 6.20 Å². The Balaban J connectivity index is 2.54. The molecule has 2 rings (SSSR count). The highest BCUT2D eigenvalue weighted by molar-refractivity contribution is 6.14. The number of H-pyrrole nitrogens is 1. The number of aliphatic carboxylic acids is 1. The van der Waals surface area contributed by atoms with Crippen molar-refractivity contribution in [3.8, 4) is 0 Å². The van der Waals surface area contributed by atoms with Crippen molar-refractivity contribution in [2.45, 2.75) is 0 Å². The van der Waals surface area contributed by atoms with Gasteiger partial charge in [-0.25, -0.2) is 9.78 Å². The monoisotopic (exact) mass is 190 g/mol. The fourth-order valence-electron chi connectivity index (χ4n) is 1.03. The zero-order valence-corrected chi connectivity index (χ0v) is 7.06. The number of nitrogens with one attached hydrogen (secondary N) is 1. The van der Waals surface area contributed by atoms with Gasteiger partial charge in [0.15, 0.2) is 0 Å². The summed E-state index contributed by atoms with van der Waals surface area (Å²) >= 11 is 0. The van der Waals surface area contributed by atoms with Gasteiger partial charge >= 0.3 is 5.97 Å². The van der Waals surface area contributed by atoms with Crippen LogP contribution in [0.1, 0.15) is 5.56 Å². The molecular formula is C8H6N4O2. The van der Waals surface area contributed by atoms with Gasteiger partial charge in [-0.1, -0.05) is 6.58 Å². The lowest BCUT2D eigenvalue weighted by Gasteiger charge is -1.97. The standard InChI is InChI=1S/C8H6N4O2/c1-4(8(13)14)5-2-6-7(9-3-5)11-12-10-6/h2-3H,1H2,(H,13,14)(H,9,10,11,12). The molecule has 0 aromatic carbocycles. The minimum Gasteiger partial charge on any atom is -0.478 e. The molecular weight excluding hydrogens is 184 g/mol. The van der Waals surface area contributed by atoms with Gasteiger partial charge in [-0.3, -0.25) is 0 Å². The molecule has 0 amide bonds. The normalized spacial score (nSPS) is 10.3. The topological polar surface area (TPSA) is 91.8 Å². The molecule has 70 valence electrons. The van der Waals surface area contributed by atoms with E-state index in [9.17, 15) is 4.79 Å². The number of carboxylic acids is 1. The fourth-order valence-corrected chi connectivity index (χ4v) is 1.03. The van der Waals surface area contributed by atoms with Gasteiger partial charge in [0.1, 0.15) is 5.52 Å². The van der Waals surface area contributed by atoms with E-state index in [0.717, 1.165) is 0 Å². The maximum Gasteiger partial charge on any atom is 0.335 e. The smallest absolute Gasteiger partial charge is 0.335 e. The van der Waals surface area contributed by atoms with Crippen molar-refractivity contribution in [1.29, 1.82) is 0 Å². The van der Waals surface area contributed by atoms with Gasteiger partial charge in [-0.15, -0.1) is 5.10 Å². The number of hydrogen-bond donors (Lipinski definition) is 2. The van der Waals surface area contributed by atoms with Crippen LogP contribution in [0, 0.1) is 0 Å². The highest BCUT2D eigenvalue weighted by atomic mass is 16.4. The molecule has 6 nitrogen and oxygen atoms in total. The Morgan fingerprint density at radius 1 is 1.50 bits per heavy atom. The van der Waals surface area contributed by atoms with Crippen molar-refractivity contribution in [3.05, 3.63) is 24.4 Å². The first kappa shape index (κ1) is 8.36. The number of fused-ring (bicyclic) bond motifs is 1. The Kier molecular flexibility index (Phi) is 1.74. The summed E-state index contributed by atoms with van der Waals surface area (Å²) < 4.78 is 0. The van der Waals surface area contributed by atoms with E-state index in [-0.39, 0.29) is 5.57 Å². The van der Waals surface area contributed by atoms with E-state index < -0.39 is 5.97 Å². The van der Waals surface area contributed by atoms with E-state index in [0.29, 0.717) is 16.7 Å². The summed E-state index contributed by atoms with van der Waals surface area (Å²) in [6.45, 7) is 3.42. The number of carbonyl (C=O) groups is 1. The van der Waals surface area contributed by atoms with Crippen LogP contribution in [0.15, 0.2) is 18.8 Å². The number of nitrogens with zero attached hydrogens (tertiary/aromatic N) is 3. The minimum atomic E-state index is -1.07. The predicted molar refractivity (Wildman–Crippen MR) is 48.4 cm³/mol. The highest BCUT2D eigenvalue weighted by Gasteiger charge is 2.09. The maximum atomic E-state index is 10.6.